The number of hydrogen-bond acceptors (Lipinski definition) is 1. The first-order valence-electron chi connectivity index (χ1n) is 5.01. The van der Waals surface area contributed by atoms with Crippen molar-refractivity contribution < 1.29 is 13.2 Å². The van der Waals surface area contributed by atoms with Gasteiger partial charge >= 0.3 is 6.18 Å². The van der Waals surface area contributed by atoms with Crippen LogP contribution in [0.2, 0.25) is 0 Å². The van der Waals surface area contributed by atoms with Crippen molar-refractivity contribution in [1.29, 1.82) is 0 Å². The SMILES string of the molecule is CCCNCc1ccc(Br)cc1C(F)(F)F. The molecule has 0 saturated carbocycles. The summed E-state index contributed by atoms with van der Waals surface area (Å²) in [6, 6.07) is 4.23. The van der Waals surface area contributed by atoms with E-state index in [0.717, 1.165) is 12.5 Å². The average Bonchev–Trinajstić information content (AvgIpc) is 2.19. The first-order valence-corrected chi connectivity index (χ1v) is 5.80. The predicted molar refractivity (Wildman–Crippen MR) is 61.1 cm³/mol. The molecule has 0 fully saturated rings. The molecule has 1 N–H and O–H groups in total. The van der Waals surface area contributed by atoms with Gasteiger partial charge in [-0.3, -0.25) is 0 Å². The Hall–Kier alpha value is -0.550. The van der Waals surface area contributed by atoms with Crippen molar-refractivity contribution in [2.75, 3.05) is 6.54 Å². The van der Waals surface area contributed by atoms with Gasteiger partial charge in [0.1, 0.15) is 0 Å². The number of rotatable bonds is 4. The van der Waals surface area contributed by atoms with Crippen molar-refractivity contribution in [2.45, 2.75) is 26.1 Å². The molecule has 90 valence electrons. The van der Waals surface area contributed by atoms with Crippen LogP contribution in [0.4, 0.5) is 13.2 Å². The van der Waals surface area contributed by atoms with E-state index in [9.17, 15) is 13.2 Å². The molecule has 1 nitrogen and oxygen atoms in total. The maximum atomic E-state index is 12.7. The lowest BCUT2D eigenvalue weighted by molar-refractivity contribution is -0.138. The Balaban J connectivity index is 2.90. The van der Waals surface area contributed by atoms with Crippen LogP contribution in [-0.2, 0) is 12.7 Å². The number of nitrogens with one attached hydrogen (secondary N) is 1. The molecule has 0 spiro atoms. The van der Waals surface area contributed by atoms with Gasteiger partial charge in [0.2, 0.25) is 0 Å². The van der Waals surface area contributed by atoms with Gasteiger partial charge in [-0.15, -0.1) is 0 Å². The van der Waals surface area contributed by atoms with Gasteiger partial charge in [-0.25, -0.2) is 0 Å². The lowest BCUT2D eigenvalue weighted by Gasteiger charge is -2.13. The summed E-state index contributed by atoms with van der Waals surface area (Å²) in [5.74, 6) is 0. The van der Waals surface area contributed by atoms with Crippen LogP contribution in [0.15, 0.2) is 22.7 Å². The van der Waals surface area contributed by atoms with E-state index in [1.165, 1.54) is 6.07 Å². The number of halogens is 4. The second-order valence-electron chi connectivity index (χ2n) is 3.48. The van der Waals surface area contributed by atoms with Crippen molar-refractivity contribution in [1.82, 2.24) is 5.32 Å². The molecule has 0 amide bonds. The maximum Gasteiger partial charge on any atom is 0.416 e. The van der Waals surface area contributed by atoms with Crippen LogP contribution in [0.1, 0.15) is 24.5 Å². The molecule has 1 aromatic carbocycles. The molecular weight excluding hydrogens is 283 g/mol. The van der Waals surface area contributed by atoms with Gasteiger partial charge < -0.3 is 5.32 Å². The Morgan fingerprint density at radius 3 is 2.56 bits per heavy atom. The monoisotopic (exact) mass is 295 g/mol. The van der Waals surface area contributed by atoms with Crippen LogP contribution in [-0.4, -0.2) is 6.54 Å². The van der Waals surface area contributed by atoms with Gasteiger partial charge in [0.25, 0.3) is 0 Å². The zero-order valence-corrected chi connectivity index (χ0v) is 10.5. The van der Waals surface area contributed by atoms with E-state index in [1.54, 1.807) is 6.07 Å². The maximum absolute atomic E-state index is 12.7. The fourth-order valence-corrected chi connectivity index (χ4v) is 1.73. The molecule has 1 rings (SSSR count). The summed E-state index contributed by atoms with van der Waals surface area (Å²) in [6.07, 6.45) is -3.40. The van der Waals surface area contributed by atoms with E-state index in [2.05, 4.69) is 21.2 Å². The first-order chi connectivity index (χ1) is 7.45. The van der Waals surface area contributed by atoms with Crippen LogP contribution >= 0.6 is 15.9 Å². The second kappa shape index (κ2) is 5.68. The standard InChI is InChI=1S/C11H13BrF3N/c1-2-5-16-7-8-3-4-9(12)6-10(8)11(13,14)15/h3-4,6,16H,2,5,7H2,1H3. The Bertz CT molecular complexity index is 350. The lowest BCUT2D eigenvalue weighted by Crippen LogP contribution is -2.18. The smallest absolute Gasteiger partial charge is 0.313 e. The number of alkyl halides is 3. The topological polar surface area (TPSA) is 12.0 Å². The van der Waals surface area contributed by atoms with Crippen LogP contribution in [0.25, 0.3) is 0 Å². The molecule has 0 unspecified atom stereocenters. The van der Waals surface area contributed by atoms with Crippen molar-refractivity contribution in [3.63, 3.8) is 0 Å². The zero-order valence-electron chi connectivity index (χ0n) is 8.87. The van der Waals surface area contributed by atoms with Crippen LogP contribution < -0.4 is 5.32 Å². The first kappa shape index (κ1) is 13.5. The summed E-state index contributed by atoms with van der Waals surface area (Å²) in [5, 5.41) is 2.97. The summed E-state index contributed by atoms with van der Waals surface area (Å²) < 4.78 is 38.5. The van der Waals surface area contributed by atoms with E-state index in [1.807, 2.05) is 6.92 Å². The highest BCUT2D eigenvalue weighted by Gasteiger charge is 2.33. The van der Waals surface area contributed by atoms with Gasteiger partial charge in [-0.2, -0.15) is 13.2 Å². The van der Waals surface area contributed by atoms with Crippen LogP contribution in [0.3, 0.4) is 0 Å². The Morgan fingerprint density at radius 1 is 1.31 bits per heavy atom. The lowest BCUT2D eigenvalue weighted by atomic mass is 10.1. The highest BCUT2D eigenvalue weighted by Crippen LogP contribution is 2.33. The highest BCUT2D eigenvalue weighted by molar-refractivity contribution is 9.10. The molecular formula is C11H13BrF3N. The van der Waals surface area contributed by atoms with Crippen molar-refractivity contribution in [2.24, 2.45) is 0 Å². The number of benzene rings is 1. The van der Waals surface area contributed by atoms with Crippen molar-refractivity contribution >= 4 is 15.9 Å². The van der Waals surface area contributed by atoms with E-state index in [4.69, 9.17) is 0 Å². The summed E-state index contributed by atoms with van der Waals surface area (Å²) in [6.45, 7) is 2.93. The fraction of sp³-hybridized carbons (Fsp3) is 0.455. The van der Waals surface area contributed by atoms with Crippen LogP contribution in [0, 0.1) is 0 Å². The van der Waals surface area contributed by atoms with Crippen molar-refractivity contribution in [3.8, 4) is 0 Å². The molecule has 0 aromatic heterocycles. The minimum Gasteiger partial charge on any atom is -0.313 e. The average molecular weight is 296 g/mol. The second-order valence-corrected chi connectivity index (χ2v) is 4.39. The fourth-order valence-electron chi connectivity index (χ4n) is 1.37. The molecule has 0 radical (unpaired) electrons. The number of hydrogen-bond donors (Lipinski definition) is 1. The van der Waals surface area contributed by atoms with Gasteiger partial charge in [-0.1, -0.05) is 28.9 Å². The predicted octanol–water partition coefficient (Wildman–Crippen LogP) is 3.97. The van der Waals surface area contributed by atoms with Crippen molar-refractivity contribution in [3.05, 3.63) is 33.8 Å². The zero-order chi connectivity index (χ0) is 12.2. The Labute approximate surface area is 101 Å². The van der Waals surface area contributed by atoms with E-state index < -0.39 is 11.7 Å². The molecule has 0 aliphatic carbocycles. The highest BCUT2D eigenvalue weighted by atomic mass is 79.9. The Kier molecular flexibility index (Phi) is 4.80. The third-order valence-electron chi connectivity index (χ3n) is 2.12. The molecule has 16 heavy (non-hydrogen) atoms. The van der Waals surface area contributed by atoms with E-state index in [0.29, 0.717) is 11.0 Å². The third kappa shape index (κ3) is 3.79. The van der Waals surface area contributed by atoms with Gasteiger partial charge in [0, 0.05) is 11.0 Å². The van der Waals surface area contributed by atoms with E-state index >= 15 is 0 Å². The summed E-state index contributed by atoms with van der Waals surface area (Å²) in [4.78, 5) is 0. The molecule has 0 bridgehead atoms. The quantitative estimate of drug-likeness (QED) is 0.829. The molecule has 1 aromatic rings. The minimum atomic E-state index is -4.30. The third-order valence-corrected chi connectivity index (χ3v) is 2.61. The van der Waals surface area contributed by atoms with Gasteiger partial charge in [0.05, 0.1) is 5.56 Å². The minimum absolute atomic E-state index is 0.246. The largest absolute Gasteiger partial charge is 0.416 e. The Morgan fingerprint density at radius 2 is 2.00 bits per heavy atom. The van der Waals surface area contributed by atoms with Gasteiger partial charge in [-0.05, 0) is 30.7 Å². The molecule has 0 atom stereocenters. The normalized spacial score (nSPS) is 11.8. The molecule has 0 saturated heterocycles. The molecule has 5 heteroatoms. The molecule has 0 heterocycles. The van der Waals surface area contributed by atoms with E-state index in [-0.39, 0.29) is 12.1 Å². The summed E-state index contributed by atoms with van der Waals surface area (Å²) in [7, 11) is 0. The summed E-state index contributed by atoms with van der Waals surface area (Å²) in [5.41, 5.74) is -0.297. The van der Waals surface area contributed by atoms with Gasteiger partial charge in [0.15, 0.2) is 0 Å². The van der Waals surface area contributed by atoms with Crippen LogP contribution in [0.5, 0.6) is 0 Å². The molecule has 0 aliphatic heterocycles. The molecule has 0 aliphatic rings. The summed E-state index contributed by atoms with van der Waals surface area (Å²) >= 11 is 3.05.